The molecule has 0 fully saturated rings. The lowest BCUT2D eigenvalue weighted by molar-refractivity contribution is 0.174. The van der Waals surface area contributed by atoms with Crippen LogP contribution >= 0.6 is 15.9 Å². The van der Waals surface area contributed by atoms with Crippen molar-refractivity contribution in [2.75, 3.05) is 13.9 Å². The quantitative estimate of drug-likeness (QED) is 0.542. The van der Waals surface area contributed by atoms with Gasteiger partial charge in [0.2, 0.25) is 6.79 Å². The Hall–Kier alpha value is -3.03. The van der Waals surface area contributed by atoms with Crippen molar-refractivity contribution in [1.82, 2.24) is 5.32 Å². The summed E-state index contributed by atoms with van der Waals surface area (Å²) >= 11 is 3.56. The van der Waals surface area contributed by atoms with Gasteiger partial charge in [-0.15, -0.1) is 0 Å². The van der Waals surface area contributed by atoms with Crippen LogP contribution in [0.15, 0.2) is 70.1 Å². The normalized spacial score (nSPS) is 19.7. The highest BCUT2D eigenvalue weighted by Gasteiger charge is 2.30. The van der Waals surface area contributed by atoms with Crippen molar-refractivity contribution < 1.29 is 19.3 Å². The van der Waals surface area contributed by atoms with E-state index in [1.54, 1.807) is 13.2 Å². The summed E-state index contributed by atoms with van der Waals surface area (Å²) in [6.45, 7) is 0.227. The van der Waals surface area contributed by atoms with E-state index in [4.69, 9.17) is 19.2 Å². The summed E-state index contributed by atoms with van der Waals surface area (Å²) in [5, 5.41) is 14.1. The first kappa shape index (κ1) is 19.9. The van der Waals surface area contributed by atoms with E-state index in [1.165, 1.54) is 0 Å². The van der Waals surface area contributed by atoms with Gasteiger partial charge in [-0.25, -0.2) is 0 Å². The summed E-state index contributed by atoms with van der Waals surface area (Å²) in [6, 6.07) is 19.0. The van der Waals surface area contributed by atoms with E-state index >= 15 is 0 Å². The monoisotopic (exact) mass is 480 g/mol. The van der Waals surface area contributed by atoms with Gasteiger partial charge in [0.25, 0.3) is 0 Å². The van der Waals surface area contributed by atoms with Crippen molar-refractivity contribution in [2.45, 2.75) is 18.6 Å². The van der Waals surface area contributed by atoms with Crippen LogP contribution in [0.2, 0.25) is 0 Å². The molecule has 6 nitrogen and oxygen atoms in total. The smallest absolute Gasteiger partial charge is 0.231 e. The molecule has 0 saturated heterocycles. The molecule has 2 aliphatic rings. The number of hydrogen-bond donors (Lipinski definition) is 2. The van der Waals surface area contributed by atoms with Gasteiger partial charge in [0.05, 0.1) is 7.11 Å². The van der Waals surface area contributed by atoms with Gasteiger partial charge in [0.15, 0.2) is 11.5 Å². The van der Waals surface area contributed by atoms with E-state index in [0.717, 1.165) is 44.1 Å². The summed E-state index contributed by atoms with van der Waals surface area (Å²) in [5.74, 6) is 2.45. The number of nitrogens with one attached hydrogen (secondary N) is 1. The summed E-state index contributed by atoms with van der Waals surface area (Å²) < 4.78 is 17.6. The van der Waals surface area contributed by atoms with E-state index < -0.39 is 0 Å². The second kappa shape index (κ2) is 8.24. The number of para-hydroxylation sites is 1. The van der Waals surface area contributed by atoms with E-state index in [9.17, 15) is 5.11 Å². The third-order valence-electron chi connectivity index (χ3n) is 5.55. The molecule has 2 N–H and O–H groups in total. The number of nitrogens with zero attached hydrogens (tertiary/aromatic N) is 1. The topological polar surface area (TPSA) is 72.3 Å². The van der Waals surface area contributed by atoms with E-state index in [1.807, 2.05) is 54.6 Å². The molecule has 2 heterocycles. The zero-order chi connectivity index (χ0) is 21.4. The van der Waals surface area contributed by atoms with Crippen LogP contribution in [0.4, 0.5) is 0 Å². The minimum absolute atomic E-state index is 0.132. The highest BCUT2D eigenvalue weighted by Crippen LogP contribution is 2.39. The van der Waals surface area contributed by atoms with Crippen molar-refractivity contribution in [2.24, 2.45) is 4.99 Å². The summed E-state index contributed by atoms with van der Waals surface area (Å²) in [7, 11) is 1.65. The number of ether oxygens (including phenoxy) is 3. The Bertz CT molecular complexity index is 1160. The summed E-state index contributed by atoms with van der Waals surface area (Å²) in [6.07, 6.45) is 0.260. The fourth-order valence-electron chi connectivity index (χ4n) is 4.02. The number of hydrogen-bond acceptors (Lipinski definition) is 6. The molecule has 3 aromatic rings. The Morgan fingerprint density at radius 3 is 2.71 bits per heavy atom. The van der Waals surface area contributed by atoms with Gasteiger partial charge in [0, 0.05) is 33.8 Å². The lowest BCUT2D eigenvalue weighted by atomic mass is 9.93. The van der Waals surface area contributed by atoms with Gasteiger partial charge >= 0.3 is 0 Å². The third-order valence-corrected chi connectivity index (χ3v) is 6.04. The second-order valence-electron chi connectivity index (χ2n) is 7.41. The molecule has 0 spiro atoms. The Morgan fingerprint density at radius 2 is 1.87 bits per heavy atom. The molecule has 0 bridgehead atoms. The molecule has 0 saturated carbocycles. The maximum atomic E-state index is 10.5. The van der Waals surface area contributed by atoms with Gasteiger partial charge in [-0.05, 0) is 48.0 Å². The fourth-order valence-corrected chi connectivity index (χ4v) is 4.40. The highest BCUT2D eigenvalue weighted by atomic mass is 79.9. The summed E-state index contributed by atoms with van der Waals surface area (Å²) in [5.41, 5.74) is 3.62. The van der Waals surface area contributed by atoms with Crippen LogP contribution in [0, 0.1) is 0 Å². The number of aromatic hydroxyl groups is 1. The molecule has 2 atom stereocenters. The van der Waals surface area contributed by atoms with Gasteiger partial charge < -0.3 is 19.3 Å². The van der Waals surface area contributed by atoms with E-state index in [0.29, 0.717) is 6.42 Å². The molecule has 0 radical (unpaired) electrons. The first-order valence-electron chi connectivity index (χ1n) is 9.96. The number of phenolic OH excluding ortho intramolecular Hbond substituents is 1. The Kier molecular flexibility index (Phi) is 5.29. The second-order valence-corrected chi connectivity index (χ2v) is 8.33. The van der Waals surface area contributed by atoms with Crippen LogP contribution in [0.5, 0.6) is 23.0 Å². The summed E-state index contributed by atoms with van der Waals surface area (Å²) in [4.78, 5) is 5.03. The van der Waals surface area contributed by atoms with Crippen LogP contribution in [0.3, 0.4) is 0 Å². The van der Waals surface area contributed by atoms with E-state index in [-0.39, 0.29) is 24.8 Å². The fraction of sp³-hybridized carbons (Fsp3) is 0.208. The molecule has 31 heavy (non-hydrogen) atoms. The lowest BCUT2D eigenvalue weighted by Gasteiger charge is -2.31. The van der Waals surface area contributed by atoms with Crippen molar-refractivity contribution in [1.29, 1.82) is 0 Å². The minimum Gasteiger partial charge on any atom is -0.508 e. The van der Waals surface area contributed by atoms with Crippen LogP contribution in [0.25, 0.3) is 0 Å². The predicted molar refractivity (Wildman–Crippen MR) is 121 cm³/mol. The number of rotatable bonds is 4. The minimum atomic E-state index is -0.355. The Morgan fingerprint density at radius 1 is 1.03 bits per heavy atom. The SMILES string of the molecule is COc1ccc(Br)cc1[C@H]1N=C(c2ccc3c(c2)OCO3)C[C@@H](c2ccccc2O)N1. The number of aliphatic imine (C=N–C) groups is 1. The Balaban J connectivity index is 1.60. The highest BCUT2D eigenvalue weighted by molar-refractivity contribution is 9.10. The number of benzene rings is 3. The molecule has 0 aliphatic carbocycles. The molecule has 158 valence electrons. The molecule has 3 aromatic carbocycles. The third kappa shape index (κ3) is 3.86. The molecule has 2 aliphatic heterocycles. The number of methoxy groups -OCH3 is 1. The van der Waals surface area contributed by atoms with Crippen LogP contribution in [-0.4, -0.2) is 24.7 Å². The average Bonchev–Trinajstić information content (AvgIpc) is 3.27. The standard InChI is InChI=1S/C24H21BrN2O4/c1-29-21-9-7-15(25)11-17(21)24-26-18(14-6-8-22-23(10-14)31-13-30-22)12-19(27-24)16-4-2-3-5-20(16)28/h2-11,19,24,27-28H,12-13H2,1H3/t19-,24-/m0/s1. The largest absolute Gasteiger partial charge is 0.508 e. The van der Waals surface area contributed by atoms with Crippen molar-refractivity contribution in [3.05, 3.63) is 81.8 Å². The molecule has 0 aromatic heterocycles. The molecule has 5 rings (SSSR count). The number of halogens is 1. The Labute approximate surface area is 188 Å². The molecular weight excluding hydrogens is 460 g/mol. The van der Waals surface area contributed by atoms with Crippen LogP contribution < -0.4 is 19.5 Å². The molecular formula is C24H21BrN2O4. The van der Waals surface area contributed by atoms with E-state index in [2.05, 4.69) is 21.2 Å². The maximum absolute atomic E-state index is 10.5. The van der Waals surface area contributed by atoms with Gasteiger partial charge in [-0.2, -0.15) is 0 Å². The number of fused-ring (bicyclic) bond motifs is 1. The molecule has 0 amide bonds. The predicted octanol–water partition coefficient (Wildman–Crippen LogP) is 5.11. The first-order chi connectivity index (χ1) is 15.1. The van der Waals surface area contributed by atoms with Gasteiger partial charge in [-0.3, -0.25) is 10.3 Å². The van der Waals surface area contributed by atoms with Crippen LogP contribution in [0.1, 0.15) is 35.3 Å². The number of phenols is 1. The van der Waals surface area contributed by atoms with Crippen molar-refractivity contribution in [3.8, 4) is 23.0 Å². The maximum Gasteiger partial charge on any atom is 0.231 e. The lowest BCUT2D eigenvalue weighted by Crippen LogP contribution is -2.33. The van der Waals surface area contributed by atoms with Crippen LogP contribution in [-0.2, 0) is 0 Å². The van der Waals surface area contributed by atoms with Crippen molar-refractivity contribution in [3.63, 3.8) is 0 Å². The van der Waals surface area contributed by atoms with Crippen molar-refractivity contribution >= 4 is 21.6 Å². The zero-order valence-corrected chi connectivity index (χ0v) is 18.4. The van der Waals surface area contributed by atoms with Gasteiger partial charge in [-0.1, -0.05) is 34.1 Å². The molecule has 0 unspecified atom stereocenters. The molecule has 7 heteroatoms. The van der Waals surface area contributed by atoms with Gasteiger partial charge in [0.1, 0.15) is 17.7 Å². The zero-order valence-electron chi connectivity index (χ0n) is 16.8. The first-order valence-corrected chi connectivity index (χ1v) is 10.8. The average molecular weight is 481 g/mol.